The second-order valence-electron chi connectivity index (χ2n) is 8.47. The highest BCUT2D eigenvalue weighted by molar-refractivity contribution is 5.85. The zero-order valence-corrected chi connectivity index (χ0v) is 20.3. The van der Waals surface area contributed by atoms with Gasteiger partial charge in [0.05, 0.1) is 13.7 Å². The van der Waals surface area contributed by atoms with Crippen molar-refractivity contribution in [3.63, 3.8) is 0 Å². The van der Waals surface area contributed by atoms with E-state index in [2.05, 4.69) is 68.0 Å². The first-order valence-corrected chi connectivity index (χ1v) is 11.5. The summed E-state index contributed by atoms with van der Waals surface area (Å²) in [5.74, 6) is 3.81. The Labute approximate surface area is 192 Å². The van der Waals surface area contributed by atoms with Crippen LogP contribution in [0.4, 0.5) is 0 Å². The highest BCUT2D eigenvalue weighted by atomic mass is 16.5. The van der Waals surface area contributed by atoms with Crippen molar-refractivity contribution in [1.82, 2.24) is 10.2 Å². The molecule has 0 fully saturated rings. The topological polar surface area (TPSA) is 55.3 Å². The lowest BCUT2D eigenvalue weighted by atomic mass is 9.99. The number of rotatable bonds is 11. The lowest BCUT2D eigenvalue weighted by Crippen LogP contribution is -2.37. The van der Waals surface area contributed by atoms with Gasteiger partial charge in [-0.15, -0.1) is 0 Å². The van der Waals surface area contributed by atoms with Gasteiger partial charge in [0.15, 0.2) is 0 Å². The normalized spacial score (nSPS) is 14.3. The smallest absolute Gasteiger partial charge is 0.150 e. The molecule has 0 aromatic heterocycles. The Balaban J connectivity index is 1.80. The Hall–Kier alpha value is -2.73. The predicted molar refractivity (Wildman–Crippen MR) is 130 cm³/mol. The minimum Gasteiger partial charge on any atom is -0.496 e. The maximum absolute atomic E-state index is 6.56. The van der Waals surface area contributed by atoms with Crippen LogP contribution in [-0.4, -0.2) is 50.3 Å². The van der Waals surface area contributed by atoms with Crippen molar-refractivity contribution in [1.29, 1.82) is 0 Å². The molecular weight excluding hydrogens is 402 g/mol. The third kappa shape index (κ3) is 5.94. The zero-order valence-electron chi connectivity index (χ0n) is 20.3. The number of para-hydroxylation sites is 1. The number of nitrogens with one attached hydrogen (secondary N) is 1. The summed E-state index contributed by atoms with van der Waals surface area (Å²) in [7, 11) is 1.71. The Morgan fingerprint density at radius 3 is 2.50 bits per heavy atom. The van der Waals surface area contributed by atoms with Crippen LogP contribution < -0.4 is 19.5 Å². The number of amidine groups is 1. The second kappa shape index (κ2) is 11.2. The van der Waals surface area contributed by atoms with Crippen molar-refractivity contribution in [2.45, 2.75) is 53.3 Å². The van der Waals surface area contributed by atoms with Gasteiger partial charge in [-0.05, 0) is 50.1 Å². The van der Waals surface area contributed by atoms with E-state index in [1.54, 1.807) is 7.11 Å². The van der Waals surface area contributed by atoms with Crippen LogP contribution >= 0.6 is 0 Å². The fourth-order valence-electron chi connectivity index (χ4n) is 4.02. The number of benzene rings is 2. The second-order valence-corrected chi connectivity index (χ2v) is 8.47. The molecule has 0 radical (unpaired) electrons. The third-order valence-electron chi connectivity index (χ3n) is 5.72. The first-order chi connectivity index (χ1) is 15.4. The molecule has 0 saturated heterocycles. The number of hydrogen-bond acceptors (Lipinski definition) is 6. The molecule has 0 bridgehead atoms. The van der Waals surface area contributed by atoms with Crippen molar-refractivity contribution in [3.8, 4) is 17.2 Å². The summed E-state index contributed by atoms with van der Waals surface area (Å²) in [6.45, 7) is 14.4. The maximum atomic E-state index is 6.56. The van der Waals surface area contributed by atoms with Gasteiger partial charge < -0.3 is 19.5 Å². The average molecular weight is 440 g/mol. The van der Waals surface area contributed by atoms with Crippen LogP contribution in [0.1, 0.15) is 50.3 Å². The molecule has 1 atom stereocenters. The molecule has 174 valence electrons. The monoisotopic (exact) mass is 439 g/mol. The Morgan fingerprint density at radius 1 is 1.09 bits per heavy atom. The van der Waals surface area contributed by atoms with E-state index in [4.69, 9.17) is 14.2 Å². The van der Waals surface area contributed by atoms with Gasteiger partial charge in [0.1, 0.15) is 35.9 Å². The van der Waals surface area contributed by atoms with E-state index >= 15 is 0 Å². The van der Waals surface area contributed by atoms with Crippen LogP contribution in [0.3, 0.4) is 0 Å². The van der Waals surface area contributed by atoms with Gasteiger partial charge in [-0.3, -0.25) is 9.89 Å². The van der Waals surface area contributed by atoms with Crippen LogP contribution in [0, 0.1) is 6.92 Å². The molecule has 0 spiro atoms. The van der Waals surface area contributed by atoms with E-state index in [0.29, 0.717) is 6.61 Å². The van der Waals surface area contributed by atoms with E-state index in [1.165, 1.54) is 0 Å². The molecule has 2 aromatic rings. The standard InChI is InChI=1S/C26H37N3O3/c1-7-29(16-21-10-8-9-11-22(21)30-6)20(5)32-24-15-19(4)14-23(26(24)18(2)3)31-17-25-27-12-13-28-25/h8-11,14-15,18,20H,7,12-13,16-17H2,1-6H3,(H,27,28). The van der Waals surface area contributed by atoms with Crippen LogP contribution in [0.25, 0.3) is 0 Å². The molecular formula is C26H37N3O3. The summed E-state index contributed by atoms with van der Waals surface area (Å²) in [5.41, 5.74) is 3.35. The minimum atomic E-state index is -0.113. The van der Waals surface area contributed by atoms with Crippen molar-refractivity contribution in [2.24, 2.45) is 4.99 Å². The minimum absolute atomic E-state index is 0.113. The Bertz CT molecular complexity index is 927. The van der Waals surface area contributed by atoms with Crippen LogP contribution in [0.5, 0.6) is 17.2 Å². The van der Waals surface area contributed by atoms with Gasteiger partial charge in [0.25, 0.3) is 0 Å². The van der Waals surface area contributed by atoms with Gasteiger partial charge in [-0.25, -0.2) is 0 Å². The summed E-state index contributed by atoms with van der Waals surface area (Å²) in [6, 6.07) is 12.3. The summed E-state index contributed by atoms with van der Waals surface area (Å²) in [6.07, 6.45) is -0.113. The molecule has 0 saturated carbocycles. The van der Waals surface area contributed by atoms with Crippen LogP contribution in [-0.2, 0) is 6.54 Å². The number of aryl methyl sites for hydroxylation is 1. The molecule has 1 heterocycles. The lowest BCUT2D eigenvalue weighted by Gasteiger charge is -2.30. The van der Waals surface area contributed by atoms with Gasteiger partial charge >= 0.3 is 0 Å². The quantitative estimate of drug-likeness (QED) is 0.512. The van der Waals surface area contributed by atoms with Crippen molar-refractivity contribution in [3.05, 3.63) is 53.1 Å². The average Bonchev–Trinajstić information content (AvgIpc) is 3.29. The van der Waals surface area contributed by atoms with Gasteiger partial charge in [-0.2, -0.15) is 0 Å². The molecule has 0 aliphatic carbocycles. The summed E-state index contributed by atoms with van der Waals surface area (Å²) < 4.78 is 18.3. The third-order valence-corrected chi connectivity index (χ3v) is 5.72. The largest absolute Gasteiger partial charge is 0.496 e. The summed E-state index contributed by atoms with van der Waals surface area (Å²) >= 11 is 0. The Morgan fingerprint density at radius 2 is 1.84 bits per heavy atom. The Kier molecular flexibility index (Phi) is 8.39. The highest BCUT2D eigenvalue weighted by Crippen LogP contribution is 2.37. The van der Waals surface area contributed by atoms with Gasteiger partial charge in [0.2, 0.25) is 0 Å². The van der Waals surface area contributed by atoms with E-state index in [9.17, 15) is 0 Å². The number of aliphatic imine (C=N–C) groups is 1. The molecule has 6 heteroatoms. The first kappa shape index (κ1) is 23.9. The lowest BCUT2D eigenvalue weighted by molar-refractivity contribution is 0.0359. The number of hydrogen-bond donors (Lipinski definition) is 1. The molecule has 32 heavy (non-hydrogen) atoms. The maximum Gasteiger partial charge on any atom is 0.150 e. The van der Waals surface area contributed by atoms with E-state index in [-0.39, 0.29) is 12.1 Å². The molecule has 1 aliphatic rings. The fraction of sp³-hybridized carbons (Fsp3) is 0.500. The fourth-order valence-corrected chi connectivity index (χ4v) is 4.02. The zero-order chi connectivity index (χ0) is 23.1. The molecule has 3 rings (SSSR count). The molecule has 1 aliphatic heterocycles. The number of methoxy groups -OCH3 is 1. The molecule has 2 aromatic carbocycles. The molecule has 1 unspecified atom stereocenters. The van der Waals surface area contributed by atoms with Gasteiger partial charge in [0, 0.05) is 24.2 Å². The highest BCUT2D eigenvalue weighted by Gasteiger charge is 2.22. The molecule has 6 nitrogen and oxygen atoms in total. The van der Waals surface area contributed by atoms with E-state index < -0.39 is 0 Å². The van der Waals surface area contributed by atoms with Gasteiger partial charge in [-0.1, -0.05) is 39.0 Å². The number of nitrogens with zero attached hydrogens (tertiary/aromatic N) is 2. The summed E-state index contributed by atoms with van der Waals surface area (Å²) in [4.78, 5) is 6.73. The van der Waals surface area contributed by atoms with Crippen molar-refractivity contribution < 1.29 is 14.2 Å². The number of ether oxygens (including phenoxy) is 3. The molecule has 1 N–H and O–H groups in total. The predicted octanol–water partition coefficient (Wildman–Crippen LogP) is 4.75. The van der Waals surface area contributed by atoms with Crippen LogP contribution in [0.2, 0.25) is 0 Å². The van der Waals surface area contributed by atoms with Crippen molar-refractivity contribution in [2.75, 3.05) is 33.4 Å². The molecule has 0 amide bonds. The first-order valence-electron chi connectivity index (χ1n) is 11.5. The van der Waals surface area contributed by atoms with Crippen molar-refractivity contribution >= 4 is 5.84 Å². The van der Waals surface area contributed by atoms with E-state index in [0.717, 1.165) is 66.0 Å². The SMILES string of the molecule is CCN(Cc1ccccc1OC)C(C)Oc1cc(C)cc(OCC2=NCCN2)c1C(C)C. The summed E-state index contributed by atoms with van der Waals surface area (Å²) in [5, 5.41) is 3.27. The van der Waals surface area contributed by atoms with E-state index in [1.807, 2.05) is 18.2 Å². The van der Waals surface area contributed by atoms with Crippen LogP contribution in [0.15, 0.2) is 41.4 Å².